The van der Waals surface area contributed by atoms with Crippen molar-refractivity contribution in [1.82, 2.24) is 0 Å². The summed E-state index contributed by atoms with van der Waals surface area (Å²) in [6.45, 7) is 6.58. The first-order chi connectivity index (χ1) is 6.29. The van der Waals surface area contributed by atoms with E-state index in [0.717, 1.165) is 0 Å². The monoisotopic (exact) mass is 174 g/mol. The predicted octanol–water partition coefficient (Wildman–Crippen LogP) is 4.23. The van der Waals surface area contributed by atoms with Gasteiger partial charge in [-0.1, -0.05) is 50.3 Å². The van der Waals surface area contributed by atoms with Crippen LogP contribution in [0.2, 0.25) is 0 Å². The molecule has 0 spiro atoms. The molecule has 1 aromatic carbocycles. The van der Waals surface area contributed by atoms with Gasteiger partial charge >= 0.3 is 0 Å². The highest BCUT2D eigenvalue weighted by Gasteiger charge is 2.05. The van der Waals surface area contributed by atoms with Gasteiger partial charge in [0, 0.05) is 0 Å². The molecule has 1 atom stereocenters. The van der Waals surface area contributed by atoms with Crippen LogP contribution in [0.3, 0.4) is 0 Å². The third kappa shape index (κ3) is 2.45. The molecule has 0 heteroatoms. The van der Waals surface area contributed by atoms with E-state index in [9.17, 15) is 0 Å². The smallest absolute Gasteiger partial charge is 0.0187 e. The van der Waals surface area contributed by atoms with Gasteiger partial charge in [0.05, 0.1) is 0 Å². The second kappa shape index (κ2) is 4.86. The van der Waals surface area contributed by atoms with E-state index < -0.39 is 0 Å². The fraction of sp³-hybridized carbons (Fsp3) is 0.385. The Morgan fingerprint density at radius 2 is 2.00 bits per heavy atom. The maximum atomic E-state index is 2.28. The summed E-state index contributed by atoms with van der Waals surface area (Å²) in [7, 11) is 0. The van der Waals surface area contributed by atoms with Crippen molar-refractivity contribution in [2.45, 2.75) is 33.1 Å². The van der Waals surface area contributed by atoms with Gasteiger partial charge in [0.2, 0.25) is 0 Å². The van der Waals surface area contributed by atoms with E-state index in [0.29, 0.717) is 5.92 Å². The summed E-state index contributed by atoms with van der Waals surface area (Å²) in [5.74, 6) is 0.660. The number of hydrogen-bond acceptors (Lipinski definition) is 0. The van der Waals surface area contributed by atoms with Crippen molar-refractivity contribution in [3.8, 4) is 0 Å². The Morgan fingerprint density at radius 1 is 1.31 bits per heavy atom. The lowest BCUT2D eigenvalue weighted by atomic mass is 9.93. The lowest BCUT2D eigenvalue weighted by Crippen LogP contribution is -1.93. The van der Waals surface area contributed by atoms with Gasteiger partial charge in [0.25, 0.3) is 0 Å². The Bertz CT molecular complexity index is 284. The normalized spacial score (nSPS) is 13.5. The first kappa shape index (κ1) is 10.0. The maximum absolute atomic E-state index is 2.28. The van der Waals surface area contributed by atoms with Crippen LogP contribution in [0.5, 0.6) is 0 Å². The molecular weight excluding hydrogens is 156 g/mol. The zero-order valence-corrected chi connectivity index (χ0v) is 8.75. The number of rotatable bonds is 3. The van der Waals surface area contributed by atoms with Crippen LogP contribution < -0.4 is 0 Å². The molecule has 0 amide bonds. The van der Waals surface area contributed by atoms with E-state index in [1.54, 1.807) is 0 Å². The SMILES string of the molecule is C/C=C\c1ccccc1C(C)CC. The third-order valence-corrected chi connectivity index (χ3v) is 2.49. The summed E-state index contributed by atoms with van der Waals surface area (Å²) in [4.78, 5) is 0. The summed E-state index contributed by atoms with van der Waals surface area (Å²) in [6.07, 6.45) is 5.48. The molecule has 0 aliphatic carbocycles. The summed E-state index contributed by atoms with van der Waals surface area (Å²) in [6, 6.07) is 8.63. The van der Waals surface area contributed by atoms with Gasteiger partial charge in [0.1, 0.15) is 0 Å². The molecule has 0 nitrogen and oxygen atoms in total. The van der Waals surface area contributed by atoms with E-state index in [1.807, 2.05) is 0 Å². The molecule has 0 radical (unpaired) electrons. The van der Waals surface area contributed by atoms with E-state index in [2.05, 4.69) is 57.2 Å². The first-order valence-corrected chi connectivity index (χ1v) is 5.01. The fourth-order valence-electron chi connectivity index (χ4n) is 1.51. The van der Waals surface area contributed by atoms with Crippen LogP contribution >= 0.6 is 0 Å². The van der Waals surface area contributed by atoms with Crippen LogP contribution in [-0.2, 0) is 0 Å². The Morgan fingerprint density at radius 3 is 2.62 bits per heavy atom. The van der Waals surface area contributed by atoms with Gasteiger partial charge in [0.15, 0.2) is 0 Å². The van der Waals surface area contributed by atoms with Crippen molar-refractivity contribution >= 4 is 6.08 Å². The van der Waals surface area contributed by atoms with Crippen molar-refractivity contribution in [3.05, 3.63) is 41.5 Å². The lowest BCUT2D eigenvalue weighted by molar-refractivity contribution is 0.732. The summed E-state index contributed by atoms with van der Waals surface area (Å²) in [5, 5.41) is 0. The minimum Gasteiger partial charge on any atom is -0.0871 e. The second-order valence-corrected chi connectivity index (χ2v) is 3.44. The van der Waals surface area contributed by atoms with E-state index in [1.165, 1.54) is 17.5 Å². The van der Waals surface area contributed by atoms with Crippen molar-refractivity contribution in [2.75, 3.05) is 0 Å². The summed E-state index contributed by atoms with van der Waals surface area (Å²) < 4.78 is 0. The van der Waals surface area contributed by atoms with Crippen LogP contribution in [0, 0.1) is 0 Å². The Balaban J connectivity index is 3.04. The predicted molar refractivity (Wildman–Crippen MR) is 59.9 cm³/mol. The quantitative estimate of drug-likeness (QED) is 0.643. The van der Waals surface area contributed by atoms with Crippen molar-refractivity contribution < 1.29 is 0 Å². The zero-order valence-electron chi connectivity index (χ0n) is 8.75. The zero-order chi connectivity index (χ0) is 9.68. The van der Waals surface area contributed by atoms with Gasteiger partial charge in [-0.3, -0.25) is 0 Å². The average molecular weight is 174 g/mol. The van der Waals surface area contributed by atoms with Crippen LogP contribution in [0.4, 0.5) is 0 Å². The molecule has 0 aliphatic heterocycles. The van der Waals surface area contributed by atoms with Crippen LogP contribution in [0.1, 0.15) is 44.2 Å². The van der Waals surface area contributed by atoms with Crippen LogP contribution in [0.25, 0.3) is 6.08 Å². The molecule has 0 fully saturated rings. The topological polar surface area (TPSA) is 0 Å². The van der Waals surface area contributed by atoms with E-state index >= 15 is 0 Å². The molecule has 1 aromatic rings. The Labute approximate surface area is 81.3 Å². The molecule has 0 heterocycles. The molecule has 70 valence electrons. The maximum Gasteiger partial charge on any atom is -0.0187 e. The number of allylic oxidation sites excluding steroid dienone is 1. The highest BCUT2D eigenvalue weighted by atomic mass is 14.1. The highest BCUT2D eigenvalue weighted by Crippen LogP contribution is 2.23. The summed E-state index contributed by atoms with van der Waals surface area (Å²) >= 11 is 0. The Kier molecular flexibility index (Phi) is 3.75. The van der Waals surface area contributed by atoms with Crippen molar-refractivity contribution in [3.63, 3.8) is 0 Å². The molecule has 0 aromatic heterocycles. The van der Waals surface area contributed by atoms with Gasteiger partial charge in [-0.15, -0.1) is 0 Å². The number of hydrogen-bond donors (Lipinski definition) is 0. The molecular formula is C13H18. The van der Waals surface area contributed by atoms with Gasteiger partial charge < -0.3 is 0 Å². The minimum atomic E-state index is 0.660. The molecule has 0 N–H and O–H groups in total. The van der Waals surface area contributed by atoms with Gasteiger partial charge in [-0.05, 0) is 30.4 Å². The molecule has 1 unspecified atom stereocenters. The molecule has 0 aliphatic rings. The third-order valence-electron chi connectivity index (χ3n) is 2.49. The number of benzene rings is 1. The van der Waals surface area contributed by atoms with E-state index in [4.69, 9.17) is 0 Å². The largest absolute Gasteiger partial charge is 0.0871 e. The van der Waals surface area contributed by atoms with Crippen LogP contribution in [0.15, 0.2) is 30.3 Å². The van der Waals surface area contributed by atoms with Gasteiger partial charge in [-0.25, -0.2) is 0 Å². The lowest BCUT2D eigenvalue weighted by Gasteiger charge is -2.11. The Hall–Kier alpha value is -1.04. The molecule has 13 heavy (non-hydrogen) atoms. The highest BCUT2D eigenvalue weighted by molar-refractivity contribution is 5.54. The van der Waals surface area contributed by atoms with Crippen molar-refractivity contribution in [1.29, 1.82) is 0 Å². The average Bonchev–Trinajstić information content (AvgIpc) is 2.18. The minimum absolute atomic E-state index is 0.660. The van der Waals surface area contributed by atoms with Crippen LogP contribution in [-0.4, -0.2) is 0 Å². The standard InChI is InChI=1S/C13H18/c1-4-8-12-9-6-7-10-13(12)11(3)5-2/h4,6-11H,5H2,1-3H3/b8-4-. The molecule has 0 bridgehead atoms. The first-order valence-electron chi connectivity index (χ1n) is 5.01. The second-order valence-electron chi connectivity index (χ2n) is 3.44. The summed E-state index contributed by atoms with van der Waals surface area (Å²) in [5.41, 5.74) is 2.82. The van der Waals surface area contributed by atoms with Crippen molar-refractivity contribution in [2.24, 2.45) is 0 Å². The van der Waals surface area contributed by atoms with E-state index in [-0.39, 0.29) is 0 Å². The van der Waals surface area contributed by atoms with Gasteiger partial charge in [-0.2, -0.15) is 0 Å². The molecule has 0 saturated carbocycles. The molecule has 0 saturated heterocycles. The fourth-order valence-corrected chi connectivity index (χ4v) is 1.51. The molecule has 1 rings (SSSR count).